The molecule has 39 heavy (non-hydrogen) atoms. The maximum absolute atomic E-state index is 13.3. The molecule has 0 aromatic carbocycles. The number of hydrogen-bond acceptors (Lipinski definition) is 6. The van der Waals surface area contributed by atoms with Crippen LogP contribution < -0.4 is 0 Å². The molecular weight excluding hydrogens is 496 g/mol. The molecule has 222 valence electrons. The van der Waals surface area contributed by atoms with Crippen LogP contribution in [0.25, 0.3) is 0 Å². The largest absolute Gasteiger partial charge is 0.481 e. The number of carbonyl (C=O) groups excluding carboxylic acids is 1. The van der Waals surface area contributed by atoms with Gasteiger partial charge in [-0.3, -0.25) is 9.59 Å². The Kier molecular flexibility index (Phi) is 12.3. The number of hydrogen-bond donors (Lipinski definition) is 1. The van der Waals surface area contributed by atoms with Crippen molar-refractivity contribution in [1.82, 2.24) is 0 Å². The van der Waals surface area contributed by atoms with Gasteiger partial charge in [0, 0.05) is 31.5 Å². The van der Waals surface area contributed by atoms with Gasteiger partial charge in [0.05, 0.1) is 18.1 Å². The fourth-order valence-corrected chi connectivity index (χ4v) is 6.65. The van der Waals surface area contributed by atoms with Crippen LogP contribution in [0.3, 0.4) is 0 Å². The van der Waals surface area contributed by atoms with E-state index < -0.39 is 5.97 Å². The second-order valence-electron chi connectivity index (χ2n) is 12.5. The van der Waals surface area contributed by atoms with E-state index in [1.54, 1.807) is 0 Å². The van der Waals surface area contributed by atoms with Crippen LogP contribution >= 0.6 is 0 Å². The van der Waals surface area contributed by atoms with Crippen LogP contribution in [0.2, 0.25) is 0 Å². The summed E-state index contributed by atoms with van der Waals surface area (Å²) in [6.45, 7) is 5.96. The maximum Gasteiger partial charge on any atom is 0.306 e. The Morgan fingerprint density at radius 3 is 2.41 bits per heavy atom. The van der Waals surface area contributed by atoms with Gasteiger partial charge in [0.15, 0.2) is 12.6 Å². The Bertz CT molecular complexity index is 785. The van der Waals surface area contributed by atoms with Crippen molar-refractivity contribution in [2.45, 2.75) is 135 Å². The zero-order chi connectivity index (χ0) is 27.6. The van der Waals surface area contributed by atoms with Crippen LogP contribution in [-0.4, -0.2) is 54.9 Å². The minimum absolute atomic E-state index is 0.00692. The third-order valence-electron chi connectivity index (χ3n) is 9.30. The molecule has 7 heteroatoms. The summed E-state index contributed by atoms with van der Waals surface area (Å²) >= 11 is 0. The lowest BCUT2D eigenvalue weighted by molar-refractivity contribution is -0.193. The first-order valence-corrected chi connectivity index (χ1v) is 15.9. The first-order chi connectivity index (χ1) is 19.0. The fraction of sp³-hybridized carbons (Fsp3) is 0.875. The van der Waals surface area contributed by atoms with E-state index >= 15 is 0 Å². The lowest BCUT2D eigenvalue weighted by atomic mass is 9.87. The molecular formula is C32H52O7. The number of carbonyl (C=O) groups is 2. The molecule has 4 rings (SSSR count). The molecule has 2 unspecified atom stereocenters. The number of unbranched alkanes of at least 4 members (excludes halogenated alkanes) is 2. The predicted molar refractivity (Wildman–Crippen MR) is 149 cm³/mol. The molecule has 7 nitrogen and oxygen atoms in total. The summed E-state index contributed by atoms with van der Waals surface area (Å²) in [5.74, 6) is 0.0961. The van der Waals surface area contributed by atoms with E-state index in [4.69, 9.17) is 18.9 Å². The van der Waals surface area contributed by atoms with Gasteiger partial charge in [-0.1, -0.05) is 51.7 Å². The first kappa shape index (κ1) is 30.7. The minimum Gasteiger partial charge on any atom is -0.481 e. The van der Waals surface area contributed by atoms with E-state index in [0.717, 1.165) is 96.7 Å². The molecule has 2 aliphatic carbocycles. The number of ether oxygens (including phenoxy) is 4. The van der Waals surface area contributed by atoms with Crippen molar-refractivity contribution in [1.29, 1.82) is 0 Å². The van der Waals surface area contributed by atoms with Crippen molar-refractivity contribution in [3.63, 3.8) is 0 Å². The van der Waals surface area contributed by atoms with Crippen molar-refractivity contribution < 1.29 is 33.6 Å². The van der Waals surface area contributed by atoms with E-state index in [1.807, 2.05) is 0 Å². The normalized spacial score (nSPS) is 34.8. The number of aliphatic carboxylic acids is 1. The molecule has 9 atom stereocenters. The molecule has 0 radical (unpaired) electrons. The summed E-state index contributed by atoms with van der Waals surface area (Å²) in [6, 6.07) is 0. The molecule has 0 aromatic heterocycles. The van der Waals surface area contributed by atoms with Crippen molar-refractivity contribution in [2.24, 2.45) is 29.6 Å². The van der Waals surface area contributed by atoms with Gasteiger partial charge in [0.25, 0.3) is 0 Å². The summed E-state index contributed by atoms with van der Waals surface area (Å²) in [5, 5.41) is 9.19. The van der Waals surface area contributed by atoms with Crippen molar-refractivity contribution in [2.75, 3.05) is 13.2 Å². The van der Waals surface area contributed by atoms with Gasteiger partial charge in [0.1, 0.15) is 5.78 Å². The Labute approximate surface area is 235 Å². The predicted octanol–water partition coefficient (Wildman–Crippen LogP) is 6.68. The fourth-order valence-electron chi connectivity index (χ4n) is 6.65. The first-order valence-electron chi connectivity index (χ1n) is 15.9. The Morgan fingerprint density at radius 2 is 1.77 bits per heavy atom. The van der Waals surface area contributed by atoms with Gasteiger partial charge >= 0.3 is 5.97 Å². The van der Waals surface area contributed by atoms with Gasteiger partial charge in [-0.05, 0) is 76.0 Å². The van der Waals surface area contributed by atoms with Gasteiger partial charge in [-0.2, -0.15) is 0 Å². The highest BCUT2D eigenvalue weighted by Gasteiger charge is 2.44. The van der Waals surface area contributed by atoms with Crippen LogP contribution in [-0.2, 0) is 28.5 Å². The van der Waals surface area contributed by atoms with E-state index in [2.05, 4.69) is 26.0 Å². The molecule has 2 saturated heterocycles. The lowest BCUT2D eigenvalue weighted by Crippen LogP contribution is -2.32. The summed E-state index contributed by atoms with van der Waals surface area (Å²) < 4.78 is 24.8. The molecule has 0 aromatic rings. The zero-order valence-electron chi connectivity index (χ0n) is 24.3. The number of ketones is 1. The average molecular weight is 549 g/mol. The van der Waals surface area contributed by atoms with Gasteiger partial charge in [0.2, 0.25) is 0 Å². The second-order valence-corrected chi connectivity index (χ2v) is 12.5. The molecule has 2 aliphatic heterocycles. The molecule has 2 heterocycles. The van der Waals surface area contributed by atoms with E-state index in [-0.39, 0.29) is 48.3 Å². The highest BCUT2D eigenvalue weighted by atomic mass is 16.7. The Balaban J connectivity index is 1.41. The molecule has 0 spiro atoms. The van der Waals surface area contributed by atoms with E-state index in [0.29, 0.717) is 18.3 Å². The van der Waals surface area contributed by atoms with Crippen molar-refractivity contribution in [3.05, 3.63) is 12.2 Å². The molecule has 0 amide bonds. The summed E-state index contributed by atoms with van der Waals surface area (Å²) in [6.07, 6.45) is 18.4. The number of Topliss-reactive ketones (excluding diaryl/α,β-unsaturated/α-hetero) is 1. The van der Waals surface area contributed by atoms with Gasteiger partial charge in [-0.25, -0.2) is 0 Å². The SMILES string of the molecule is CCCC[C@@H](C)[C@@H](C=C[C@H]1[C@H](OC2CCCCO2)CC(=O)[C@@H]1CCCC[C@@H]1C[C@H]1C(=O)O)OC1CCCCO1. The summed E-state index contributed by atoms with van der Waals surface area (Å²) in [7, 11) is 0. The number of carboxylic acid groups (broad SMARTS) is 1. The standard InChI is InChI=1S/C32H52O7/c1-3-4-11-22(2)28(38-30-14-7-9-18-36-30)17-16-25-24(13-6-5-12-23-20-26(23)32(34)35)27(33)21-29(25)39-31-15-8-10-19-37-31/h16-17,22-26,28-31H,3-15,18-21H2,1-2H3,(H,34,35)/t22-,23-,24-,25-,26-,28-,29-,30?,31?/m1/s1. The molecule has 4 aliphatic rings. The smallest absolute Gasteiger partial charge is 0.306 e. The van der Waals surface area contributed by atoms with Gasteiger partial charge in [-0.15, -0.1) is 0 Å². The monoisotopic (exact) mass is 548 g/mol. The Morgan fingerprint density at radius 1 is 1.05 bits per heavy atom. The van der Waals surface area contributed by atoms with E-state index in [9.17, 15) is 14.7 Å². The van der Waals surface area contributed by atoms with Crippen LogP contribution in [0, 0.1) is 29.6 Å². The van der Waals surface area contributed by atoms with E-state index in [1.165, 1.54) is 6.42 Å². The molecule has 2 saturated carbocycles. The average Bonchev–Trinajstić information content (AvgIpc) is 3.67. The summed E-state index contributed by atoms with van der Waals surface area (Å²) in [5.41, 5.74) is 0. The third kappa shape index (κ3) is 9.37. The molecule has 1 N–H and O–H groups in total. The van der Waals surface area contributed by atoms with Gasteiger partial charge < -0.3 is 24.1 Å². The van der Waals surface area contributed by atoms with Crippen LogP contribution in [0.5, 0.6) is 0 Å². The molecule has 4 fully saturated rings. The lowest BCUT2D eigenvalue weighted by Gasteiger charge is -2.31. The highest BCUT2D eigenvalue weighted by molar-refractivity contribution is 5.84. The van der Waals surface area contributed by atoms with Crippen LogP contribution in [0.1, 0.15) is 110 Å². The highest BCUT2D eigenvalue weighted by Crippen LogP contribution is 2.43. The summed E-state index contributed by atoms with van der Waals surface area (Å²) in [4.78, 5) is 24.4. The van der Waals surface area contributed by atoms with Crippen LogP contribution in [0.15, 0.2) is 12.2 Å². The molecule has 0 bridgehead atoms. The topological polar surface area (TPSA) is 91.3 Å². The third-order valence-corrected chi connectivity index (χ3v) is 9.30. The van der Waals surface area contributed by atoms with Crippen molar-refractivity contribution >= 4 is 11.8 Å². The van der Waals surface area contributed by atoms with Crippen molar-refractivity contribution in [3.8, 4) is 0 Å². The number of rotatable bonds is 16. The second kappa shape index (κ2) is 15.6. The minimum atomic E-state index is -0.662. The zero-order valence-corrected chi connectivity index (χ0v) is 24.3. The maximum atomic E-state index is 13.3. The van der Waals surface area contributed by atoms with Crippen LogP contribution in [0.4, 0.5) is 0 Å². The Hall–Kier alpha value is -1.28. The quantitative estimate of drug-likeness (QED) is 0.170. The number of carboxylic acids is 1.